The molecule has 1 amide bonds. The van der Waals surface area contributed by atoms with Crippen LogP contribution in [0.5, 0.6) is 5.75 Å². The van der Waals surface area contributed by atoms with Gasteiger partial charge < -0.3 is 18.9 Å². The van der Waals surface area contributed by atoms with E-state index in [4.69, 9.17) is 14.0 Å². The van der Waals surface area contributed by atoms with E-state index in [0.29, 0.717) is 30.0 Å². The minimum atomic E-state index is -0.725. The number of amides is 1. The number of fused-ring (bicyclic) bond motifs is 1. The number of ether oxygens (including phenoxy) is 2. The zero-order valence-electron chi connectivity index (χ0n) is 16.8. The van der Waals surface area contributed by atoms with Crippen LogP contribution in [0.1, 0.15) is 32.9 Å². The van der Waals surface area contributed by atoms with Crippen molar-refractivity contribution in [3.05, 3.63) is 82.7 Å². The van der Waals surface area contributed by atoms with Crippen molar-refractivity contribution in [1.29, 1.82) is 0 Å². The third-order valence-corrected chi connectivity index (χ3v) is 5.30. The highest BCUT2D eigenvalue weighted by Crippen LogP contribution is 2.27. The Morgan fingerprint density at radius 2 is 1.80 bits per heavy atom. The van der Waals surface area contributed by atoms with Gasteiger partial charge in [-0.2, -0.15) is 0 Å². The lowest BCUT2D eigenvalue weighted by atomic mass is 9.93. The van der Waals surface area contributed by atoms with Crippen LogP contribution in [0.3, 0.4) is 0 Å². The lowest BCUT2D eigenvalue weighted by Gasteiger charge is -2.34. The highest BCUT2D eigenvalue weighted by atomic mass is 16.5. The molecule has 1 aliphatic heterocycles. The maximum Gasteiger partial charge on any atom is 0.328 e. The van der Waals surface area contributed by atoms with Crippen molar-refractivity contribution in [3.8, 4) is 5.75 Å². The fourth-order valence-electron chi connectivity index (χ4n) is 3.62. The molecule has 3 aromatic rings. The normalized spacial score (nSPS) is 15.4. The maximum absolute atomic E-state index is 13.4. The summed E-state index contributed by atoms with van der Waals surface area (Å²) in [6, 6.07) is 16.3. The van der Waals surface area contributed by atoms with Crippen molar-refractivity contribution in [1.82, 2.24) is 10.1 Å². The molecule has 0 spiro atoms. The average molecular weight is 406 g/mol. The summed E-state index contributed by atoms with van der Waals surface area (Å²) in [5.41, 5.74) is 2.73. The van der Waals surface area contributed by atoms with E-state index in [9.17, 15) is 9.59 Å². The topological polar surface area (TPSA) is 81.9 Å². The van der Waals surface area contributed by atoms with Crippen molar-refractivity contribution in [2.24, 2.45) is 0 Å². The standard InChI is InChI=1S/C23H22N2O5/c1-15-19(14-29-18-10-4-3-5-11-18)21(24-30-15)22(26)25-13-17-9-7-6-8-16(17)12-20(25)23(27)28-2/h3-11,20H,12-14H2,1-2H3. The molecule has 1 aliphatic rings. The van der Waals surface area contributed by atoms with Gasteiger partial charge in [-0.3, -0.25) is 4.79 Å². The SMILES string of the molecule is COC(=O)C1Cc2ccccc2CN1C(=O)c1noc(C)c1COc1ccccc1. The number of rotatable bonds is 5. The van der Waals surface area contributed by atoms with Crippen LogP contribution < -0.4 is 4.74 Å². The van der Waals surface area contributed by atoms with E-state index in [1.54, 1.807) is 6.92 Å². The molecule has 154 valence electrons. The zero-order chi connectivity index (χ0) is 21.1. The number of aryl methyl sites for hydroxylation is 1. The van der Waals surface area contributed by atoms with Crippen LogP contribution in [0.25, 0.3) is 0 Å². The second-order valence-corrected chi connectivity index (χ2v) is 7.11. The highest BCUT2D eigenvalue weighted by Gasteiger charge is 2.38. The molecule has 1 aromatic heterocycles. The first-order valence-electron chi connectivity index (χ1n) is 9.67. The fourth-order valence-corrected chi connectivity index (χ4v) is 3.62. The number of hydrogen-bond acceptors (Lipinski definition) is 6. The summed E-state index contributed by atoms with van der Waals surface area (Å²) in [5.74, 6) is 0.334. The van der Waals surface area contributed by atoms with Crippen LogP contribution in [0, 0.1) is 6.92 Å². The molecule has 0 N–H and O–H groups in total. The van der Waals surface area contributed by atoms with E-state index in [0.717, 1.165) is 11.1 Å². The van der Waals surface area contributed by atoms with Crippen LogP contribution in [0.15, 0.2) is 59.1 Å². The Morgan fingerprint density at radius 3 is 2.53 bits per heavy atom. The number of nitrogens with zero attached hydrogens (tertiary/aromatic N) is 2. The molecule has 7 nitrogen and oxygen atoms in total. The number of carbonyl (C=O) groups excluding carboxylic acids is 2. The molecule has 30 heavy (non-hydrogen) atoms. The van der Waals surface area contributed by atoms with E-state index < -0.39 is 12.0 Å². The summed E-state index contributed by atoms with van der Waals surface area (Å²) in [6.07, 6.45) is 0.390. The predicted molar refractivity (Wildman–Crippen MR) is 108 cm³/mol. The molecule has 0 saturated carbocycles. The van der Waals surface area contributed by atoms with E-state index in [-0.39, 0.29) is 18.2 Å². The molecule has 2 heterocycles. The summed E-state index contributed by atoms with van der Waals surface area (Å²) in [7, 11) is 1.32. The van der Waals surface area contributed by atoms with Crippen LogP contribution in [0.4, 0.5) is 0 Å². The Morgan fingerprint density at radius 1 is 1.10 bits per heavy atom. The second-order valence-electron chi connectivity index (χ2n) is 7.11. The quantitative estimate of drug-likeness (QED) is 0.605. The summed E-state index contributed by atoms with van der Waals surface area (Å²) in [6.45, 7) is 2.16. The second kappa shape index (κ2) is 8.41. The zero-order valence-corrected chi connectivity index (χ0v) is 16.8. The molecule has 4 rings (SSSR count). The minimum absolute atomic E-state index is 0.133. The van der Waals surface area contributed by atoms with Gasteiger partial charge in [0.15, 0.2) is 5.69 Å². The Bertz CT molecular complexity index is 1060. The first-order valence-corrected chi connectivity index (χ1v) is 9.67. The number of esters is 1. The van der Waals surface area contributed by atoms with Gasteiger partial charge in [-0.1, -0.05) is 47.6 Å². The Hall–Kier alpha value is -3.61. The summed E-state index contributed by atoms with van der Waals surface area (Å²) >= 11 is 0. The van der Waals surface area contributed by atoms with Crippen molar-refractivity contribution in [2.45, 2.75) is 32.5 Å². The number of methoxy groups -OCH3 is 1. The molecule has 0 aliphatic carbocycles. The number of aromatic nitrogens is 1. The van der Waals surface area contributed by atoms with E-state index in [2.05, 4.69) is 5.16 Å². The highest BCUT2D eigenvalue weighted by molar-refractivity contribution is 5.96. The minimum Gasteiger partial charge on any atom is -0.489 e. The molecule has 0 radical (unpaired) electrons. The van der Waals surface area contributed by atoms with E-state index in [1.807, 2.05) is 54.6 Å². The molecule has 0 bridgehead atoms. The molecule has 7 heteroatoms. The molecular weight excluding hydrogens is 384 g/mol. The monoisotopic (exact) mass is 406 g/mol. The average Bonchev–Trinajstić information content (AvgIpc) is 3.16. The molecular formula is C23H22N2O5. The first-order chi connectivity index (χ1) is 14.6. The largest absolute Gasteiger partial charge is 0.489 e. The van der Waals surface area contributed by atoms with Gasteiger partial charge in [-0.05, 0) is 30.2 Å². The van der Waals surface area contributed by atoms with Gasteiger partial charge in [0.25, 0.3) is 5.91 Å². The Kier molecular flexibility index (Phi) is 5.52. The van der Waals surface area contributed by atoms with Gasteiger partial charge in [-0.15, -0.1) is 0 Å². The first kappa shape index (κ1) is 19.7. The van der Waals surface area contributed by atoms with Gasteiger partial charge in [-0.25, -0.2) is 4.79 Å². The number of carbonyl (C=O) groups is 2. The molecule has 2 aromatic carbocycles. The molecule has 1 unspecified atom stereocenters. The van der Waals surface area contributed by atoms with Gasteiger partial charge in [0.05, 0.1) is 12.7 Å². The lowest BCUT2D eigenvalue weighted by molar-refractivity contribution is -0.146. The van der Waals surface area contributed by atoms with Gasteiger partial charge in [0, 0.05) is 13.0 Å². The molecule has 0 fully saturated rings. The van der Waals surface area contributed by atoms with Crippen molar-refractivity contribution >= 4 is 11.9 Å². The fraction of sp³-hybridized carbons (Fsp3) is 0.261. The third-order valence-electron chi connectivity index (χ3n) is 5.30. The lowest BCUT2D eigenvalue weighted by Crippen LogP contribution is -2.49. The number of para-hydroxylation sites is 1. The Labute approximate surface area is 174 Å². The number of hydrogen-bond donors (Lipinski definition) is 0. The maximum atomic E-state index is 13.4. The number of benzene rings is 2. The smallest absolute Gasteiger partial charge is 0.328 e. The summed E-state index contributed by atoms with van der Waals surface area (Å²) in [4.78, 5) is 27.4. The van der Waals surface area contributed by atoms with Gasteiger partial charge in [0.1, 0.15) is 24.2 Å². The van der Waals surface area contributed by atoms with Crippen LogP contribution >= 0.6 is 0 Å². The summed E-state index contributed by atoms with van der Waals surface area (Å²) < 4.78 is 16.1. The molecule has 1 atom stereocenters. The van der Waals surface area contributed by atoms with E-state index in [1.165, 1.54) is 12.0 Å². The van der Waals surface area contributed by atoms with Crippen LogP contribution in [0.2, 0.25) is 0 Å². The van der Waals surface area contributed by atoms with Crippen molar-refractivity contribution < 1.29 is 23.6 Å². The van der Waals surface area contributed by atoms with Crippen LogP contribution in [-0.4, -0.2) is 35.1 Å². The molecule has 0 saturated heterocycles. The van der Waals surface area contributed by atoms with Gasteiger partial charge in [0.2, 0.25) is 0 Å². The van der Waals surface area contributed by atoms with Crippen LogP contribution in [-0.2, 0) is 29.1 Å². The van der Waals surface area contributed by atoms with Gasteiger partial charge >= 0.3 is 5.97 Å². The van der Waals surface area contributed by atoms with E-state index >= 15 is 0 Å². The Balaban J connectivity index is 1.62. The predicted octanol–water partition coefficient (Wildman–Crippen LogP) is 3.30. The summed E-state index contributed by atoms with van der Waals surface area (Å²) in [5, 5.41) is 3.98. The van der Waals surface area contributed by atoms with Crippen molar-refractivity contribution in [2.75, 3.05) is 7.11 Å². The third kappa shape index (κ3) is 3.78. The van der Waals surface area contributed by atoms with Crippen molar-refractivity contribution in [3.63, 3.8) is 0 Å².